The molecule has 0 saturated carbocycles. The molecule has 1 aromatic heterocycles. The van der Waals surface area contributed by atoms with Gasteiger partial charge in [-0.25, -0.2) is 9.97 Å². The molecule has 0 spiro atoms. The molecular formula is C16H19Cl2N5. The van der Waals surface area contributed by atoms with Crippen molar-refractivity contribution in [3.8, 4) is 0 Å². The van der Waals surface area contributed by atoms with E-state index < -0.39 is 0 Å². The molecule has 3 rings (SSSR count). The van der Waals surface area contributed by atoms with Crippen LogP contribution in [-0.2, 0) is 0 Å². The van der Waals surface area contributed by atoms with Crippen LogP contribution in [0.15, 0.2) is 24.5 Å². The summed E-state index contributed by atoms with van der Waals surface area (Å²) in [5.41, 5.74) is 7.55. The monoisotopic (exact) mass is 351 g/mol. The SMILES string of the molecule is Nc1c(Nc2ccc(Cl)cc2Cl)ncnc1N1CCCCCC1. The van der Waals surface area contributed by atoms with Gasteiger partial charge < -0.3 is 16.0 Å². The van der Waals surface area contributed by atoms with Gasteiger partial charge in [0.1, 0.15) is 12.0 Å². The Labute approximate surface area is 145 Å². The van der Waals surface area contributed by atoms with Gasteiger partial charge in [-0.15, -0.1) is 0 Å². The number of halogens is 2. The van der Waals surface area contributed by atoms with E-state index in [1.165, 1.54) is 19.2 Å². The molecule has 1 fully saturated rings. The van der Waals surface area contributed by atoms with E-state index in [1.54, 1.807) is 18.2 Å². The Hall–Kier alpha value is -1.72. The van der Waals surface area contributed by atoms with E-state index in [1.807, 2.05) is 0 Å². The third-order valence-corrected chi connectivity index (χ3v) is 4.50. The zero-order valence-electron chi connectivity index (χ0n) is 12.7. The summed E-state index contributed by atoms with van der Waals surface area (Å²) >= 11 is 12.1. The van der Waals surface area contributed by atoms with E-state index in [0.29, 0.717) is 27.2 Å². The fourth-order valence-corrected chi connectivity index (χ4v) is 3.19. The second kappa shape index (κ2) is 7.23. The molecule has 0 bridgehead atoms. The van der Waals surface area contributed by atoms with Gasteiger partial charge in [-0.1, -0.05) is 36.0 Å². The summed E-state index contributed by atoms with van der Waals surface area (Å²) in [4.78, 5) is 10.9. The predicted molar refractivity (Wildman–Crippen MR) is 96.9 cm³/mol. The largest absolute Gasteiger partial charge is 0.393 e. The van der Waals surface area contributed by atoms with Gasteiger partial charge in [-0.2, -0.15) is 0 Å². The predicted octanol–water partition coefficient (Wildman–Crippen LogP) is 4.49. The van der Waals surface area contributed by atoms with Crippen molar-refractivity contribution in [1.82, 2.24) is 9.97 Å². The zero-order chi connectivity index (χ0) is 16.2. The molecule has 1 aromatic carbocycles. The highest BCUT2D eigenvalue weighted by atomic mass is 35.5. The molecule has 1 aliphatic rings. The number of hydrogen-bond acceptors (Lipinski definition) is 5. The molecule has 7 heteroatoms. The summed E-state index contributed by atoms with van der Waals surface area (Å²) in [6.07, 6.45) is 6.37. The lowest BCUT2D eigenvalue weighted by molar-refractivity contribution is 0.726. The number of aromatic nitrogens is 2. The number of nitrogens with one attached hydrogen (secondary N) is 1. The number of nitrogens with zero attached hydrogens (tertiary/aromatic N) is 3. The highest BCUT2D eigenvalue weighted by molar-refractivity contribution is 6.36. The third-order valence-electron chi connectivity index (χ3n) is 3.95. The van der Waals surface area contributed by atoms with Crippen molar-refractivity contribution in [3.05, 3.63) is 34.6 Å². The van der Waals surface area contributed by atoms with E-state index in [4.69, 9.17) is 28.9 Å². The van der Waals surface area contributed by atoms with Crippen LogP contribution < -0.4 is 16.0 Å². The van der Waals surface area contributed by atoms with E-state index >= 15 is 0 Å². The van der Waals surface area contributed by atoms with Crippen molar-refractivity contribution in [1.29, 1.82) is 0 Å². The number of anilines is 4. The Morgan fingerprint density at radius 1 is 1.04 bits per heavy atom. The van der Waals surface area contributed by atoms with E-state index in [-0.39, 0.29) is 0 Å². The van der Waals surface area contributed by atoms with E-state index in [0.717, 1.165) is 31.7 Å². The quantitative estimate of drug-likeness (QED) is 0.852. The molecule has 3 N–H and O–H groups in total. The second-order valence-electron chi connectivity index (χ2n) is 5.61. The minimum absolute atomic E-state index is 0.520. The first-order chi connectivity index (χ1) is 11.1. The Morgan fingerprint density at radius 2 is 1.78 bits per heavy atom. The summed E-state index contributed by atoms with van der Waals surface area (Å²) in [6.45, 7) is 1.95. The van der Waals surface area contributed by atoms with Crippen LogP contribution in [0.25, 0.3) is 0 Å². The molecule has 23 heavy (non-hydrogen) atoms. The summed E-state index contributed by atoms with van der Waals surface area (Å²) < 4.78 is 0. The maximum absolute atomic E-state index is 6.29. The highest BCUT2D eigenvalue weighted by Gasteiger charge is 2.17. The molecule has 5 nitrogen and oxygen atoms in total. The van der Waals surface area contributed by atoms with Gasteiger partial charge in [0.15, 0.2) is 11.6 Å². The fourth-order valence-electron chi connectivity index (χ4n) is 2.74. The van der Waals surface area contributed by atoms with Gasteiger partial charge in [-0.3, -0.25) is 0 Å². The normalized spacial score (nSPS) is 15.3. The van der Waals surface area contributed by atoms with Crippen molar-refractivity contribution in [2.45, 2.75) is 25.7 Å². The Morgan fingerprint density at radius 3 is 2.48 bits per heavy atom. The van der Waals surface area contributed by atoms with Crippen LogP contribution in [0.5, 0.6) is 0 Å². The van der Waals surface area contributed by atoms with Gasteiger partial charge >= 0.3 is 0 Å². The summed E-state index contributed by atoms with van der Waals surface area (Å²) in [6, 6.07) is 5.25. The maximum atomic E-state index is 6.29. The van der Waals surface area contributed by atoms with Gasteiger partial charge in [0, 0.05) is 18.1 Å². The molecule has 1 saturated heterocycles. The zero-order valence-corrected chi connectivity index (χ0v) is 14.2. The molecule has 2 heterocycles. The lowest BCUT2D eigenvalue weighted by atomic mass is 10.2. The Balaban J connectivity index is 1.87. The summed E-state index contributed by atoms with van der Waals surface area (Å²) in [7, 11) is 0. The van der Waals surface area contributed by atoms with Crippen LogP contribution in [-0.4, -0.2) is 23.1 Å². The minimum atomic E-state index is 0.520. The molecule has 0 unspecified atom stereocenters. The lowest BCUT2D eigenvalue weighted by Gasteiger charge is -2.23. The number of rotatable bonds is 3. The number of benzene rings is 1. The van der Waals surface area contributed by atoms with E-state index in [9.17, 15) is 0 Å². The van der Waals surface area contributed by atoms with Crippen LogP contribution in [0, 0.1) is 0 Å². The molecule has 0 amide bonds. The molecule has 2 aromatic rings. The fraction of sp³-hybridized carbons (Fsp3) is 0.375. The van der Waals surface area contributed by atoms with Crippen LogP contribution >= 0.6 is 23.2 Å². The summed E-state index contributed by atoms with van der Waals surface area (Å²) in [5.74, 6) is 1.35. The second-order valence-corrected chi connectivity index (χ2v) is 6.45. The van der Waals surface area contributed by atoms with Gasteiger partial charge in [0.25, 0.3) is 0 Å². The van der Waals surface area contributed by atoms with Crippen molar-refractivity contribution in [3.63, 3.8) is 0 Å². The highest BCUT2D eigenvalue weighted by Crippen LogP contribution is 2.33. The number of nitrogens with two attached hydrogens (primary N) is 1. The lowest BCUT2D eigenvalue weighted by Crippen LogP contribution is -2.26. The first-order valence-electron chi connectivity index (χ1n) is 7.72. The Bertz CT molecular complexity index is 684. The summed E-state index contributed by atoms with van der Waals surface area (Å²) in [5, 5.41) is 4.27. The topological polar surface area (TPSA) is 67.1 Å². The van der Waals surface area contributed by atoms with Crippen molar-refractivity contribution in [2.75, 3.05) is 29.0 Å². The van der Waals surface area contributed by atoms with Gasteiger partial charge in [0.2, 0.25) is 0 Å². The average Bonchev–Trinajstić information content (AvgIpc) is 2.81. The average molecular weight is 352 g/mol. The van der Waals surface area contributed by atoms with Crippen LogP contribution in [0.2, 0.25) is 10.0 Å². The molecule has 0 radical (unpaired) electrons. The van der Waals surface area contributed by atoms with Crippen LogP contribution in [0.4, 0.5) is 23.0 Å². The van der Waals surface area contributed by atoms with Crippen molar-refractivity contribution in [2.24, 2.45) is 0 Å². The van der Waals surface area contributed by atoms with E-state index in [2.05, 4.69) is 20.2 Å². The smallest absolute Gasteiger partial charge is 0.159 e. The first-order valence-corrected chi connectivity index (χ1v) is 8.48. The molecule has 0 aliphatic carbocycles. The first kappa shape index (κ1) is 16.1. The van der Waals surface area contributed by atoms with Crippen LogP contribution in [0.1, 0.15) is 25.7 Å². The van der Waals surface area contributed by atoms with Crippen LogP contribution in [0.3, 0.4) is 0 Å². The number of nitrogen functional groups attached to an aromatic ring is 1. The standard InChI is InChI=1S/C16H19Cl2N5/c17-11-5-6-13(12(18)9-11)22-15-14(19)16(21-10-20-15)23-7-3-1-2-4-8-23/h5-6,9-10H,1-4,7-8,19H2,(H,20,21,22). The Kier molecular flexibility index (Phi) is 5.08. The van der Waals surface area contributed by atoms with Gasteiger partial charge in [-0.05, 0) is 31.0 Å². The minimum Gasteiger partial charge on any atom is -0.393 e. The van der Waals surface area contributed by atoms with Gasteiger partial charge in [0.05, 0.1) is 10.7 Å². The van der Waals surface area contributed by atoms with Crippen molar-refractivity contribution >= 4 is 46.2 Å². The third kappa shape index (κ3) is 3.79. The molecule has 0 atom stereocenters. The molecular weight excluding hydrogens is 333 g/mol. The number of hydrogen-bond donors (Lipinski definition) is 2. The van der Waals surface area contributed by atoms with Crippen molar-refractivity contribution < 1.29 is 0 Å². The maximum Gasteiger partial charge on any atom is 0.159 e. The molecule has 1 aliphatic heterocycles. The molecule has 122 valence electrons.